The molecule has 3 aromatic rings. The zero-order chi connectivity index (χ0) is 27.1. The van der Waals surface area contributed by atoms with Crippen molar-refractivity contribution in [3.8, 4) is 0 Å². The predicted molar refractivity (Wildman–Crippen MR) is 153 cm³/mol. The number of aryl methyl sites for hydroxylation is 1. The zero-order valence-electron chi connectivity index (χ0n) is 22.7. The average Bonchev–Trinajstić information content (AvgIpc) is 3.38. The molecule has 0 radical (unpaired) electrons. The maximum absolute atomic E-state index is 13.5. The summed E-state index contributed by atoms with van der Waals surface area (Å²) in [5.41, 5.74) is 4.84. The van der Waals surface area contributed by atoms with Crippen molar-refractivity contribution in [2.45, 2.75) is 50.5 Å². The van der Waals surface area contributed by atoms with E-state index in [2.05, 4.69) is 68.3 Å². The summed E-state index contributed by atoms with van der Waals surface area (Å²) in [5.74, 6) is 0.0637. The van der Waals surface area contributed by atoms with Gasteiger partial charge in [0.1, 0.15) is 0 Å². The van der Waals surface area contributed by atoms with Gasteiger partial charge in [0, 0.05) is 37.6 Å². The van der Waals surface area contributed by atoms with Crippen LogP contribution in [0.5, 0.6) is 0 Å². The molecule has 1 amide bonds. The molecular weight excluding hydrogens is 514 g/mol. The monoisotopic (exact) mass is 551 g/mol. The SMILES string of the molecule is Cc1ccccc1C1c2ccsc2CCN1CC(=O)N1CCN(S(=O)(=O)c2ccc(C(C)(C)C)cc2)CC1. The molecule has 6 nitrogen and oxygen atoms in total. The Labute approximate surface area is 230 Å². The van der Waals surface area contributed by atoms with E-state index in [4.69, 9.17) is 0 Å². The third kappa shape index (κ3) is 5.32. The van der Waals surface area contributed by atoms with Gasteiger partial charge in [-0.25, -0.2) is 8.42 Å². The largest absolute Gasteiger partial charge is 0.339 e. The lowest BCUT2D eigenvalue weighted by atomic mass is 9.87. The number of thiophene rings is 1. The third-order valence-corrected chi connectivity index (χ3v) is 10.7. The lowest BCUT2D eigenvalue weighted by Crippen LogP contribution is -2.53. The van der Waals surface area contributed by atoms with Gasteiger partial charge in [-0.3, -0.25) is 9.69 Å². The number of carbonyl (C=O) groups excluding carboxylic acids is 1. The standard InChI is InChI=1S/C30H37N3O3S2/c1-22-7-5-6-8-25(22)29-26-14-20-37-27(26)13-15-32(29)21-28(34)31-16-18-33(19-17-31)38(35,36)24-11-9-23(10-12-24)30(2,3)4/h5-12,14,20,29H,13,15-19,21H2,1-4H3. The second-order valence-electron chi connectivity index (χ2n) is 11.3. The van der Waals surface area contributed by atoms with Crippen LogP contribution in [-0.2, 0) is 26.7 Å². The van der Waals surface area contributed by atoms with Crippen LogP contribution in [0.4, 0.5) is 0 Å². The summed E-state index contributed by atoms with van der Waals surface area (Å²) in [7, 11) is -3.59. The molecular formula is C30H37N3O3S2. The Hall–Kier alpha value is -2.52. The van der Waals surface area contributed by atoms with Crippen LogP contribution < -0.4 is 0 Å². The molecule has 3 heterocycles. The number of sulfonamides is 1. The fourth-order valence-corrected chi connectivity index (χ4v) is 7.85. The Morgan fingerprint density at radius 2 is 1.61 bits per heavy atom. The fraction of sp³-hybridized carbons (Fsp3) is 0.433. The number of amides is 1. The van der Waals surface area contributed by atoms with Crippen LogP contribution in [0.15, 0.2) is 64.9 Å². The summed E-state index contributed by atoms with van der Waals surface area (Å²) in [6, 6.07) is 17.9. The predicted octanol–water partition coefficient (Wildman–Crippen LogP) is 4.83. The van der Waals surface area contributed by atoms with Gasteiger partial charge in [0.25, 0.3) is 0 Å². The molecule has 2 aliphatic heterocycles. The molecule has 0 saturated carbocycles. The summed E-state index contributed by atoms with van der Waals surface area (Å²) in [6.07, 6.45) is 0.947. The van der Waals surface area contributed by atoms with Gasteiger partial charge in [0.05, 0.1) is 17.5 Å². The lowest BCUT2D eigenvalue weighted by Gasteiger charge is -2.39. The topological polar surface area (TPSA) is 60.9 Å². The molecule has 5 rings (SSSR count). The van der Waals surface area contributed by atoms with E-state index in [1.54, 1.807) is 23.5 Å². The Balaban J connectivity index is 1.26. The summed E-state index contributed by atoms with van der Waals surface area (Å²) in [5, 5.41) is 2.15. The fourth-order valence-electron chi connectivity index (χ4n) is 5.52. The number of piperazine rings is 1. The van der Waals surface area contributed by atoms with Crippen molar-refractivity contribution in [1.82, 2.24) is 14.1 Å². The second kappa shape index (κ2) is 10.6. The first-order valence-electron chi connectivity index (χ1n) is 13.3. The number of hydrogen-bond acceptors (Lipinski definition) is 5. The molecule has 1 saturated heterocycles. The van der Waals surface area contributed by atoms with Crippen molar-refractivity contribution in [3.05, 3.63) is 87.1 Å². The number of fused-ring (bicyclic) bond motifs is 1. The molecule has 1 aromatic heterocycles. The molecule has 1 unspecified atom stereocenters. The van der Waals surface area contributed by atoms with Crippen LogP contribution in [0.25, 0.3) is 0 Å². The van der Waals surface area contributed by atoms with Gasteiger partial charge in [0.2, 0.25) is 15.9 Å². The first-order valence-corrected chi connectivity index (χ1v) is 15.6. The normalized spacial score (nSPS) is 19.4. The van der Waals surface area contributed by atoms with Crippen LogP contribution in [-0.4, -0.2) is 67.7 Å². The lowest BCUT2D eigenvalue weighted by molar-refractivity contribution is -0.134. The van der Waals surface area contributed by atoms with Crippen molar-refractivity contribution in [2.24, 2.45) is 0 Å². The van der Waals surface area contributed by atoms with Gasteiger partial charge in [-0.2, -0.15) is 4.31 Å². The van der Waals surface area contributed by atoms with Gasteiger partial charge < -0.3 is 4.90 Å². The molecule has 0 aliphatic carbocycles. The molecule has 1 fully saturated rings. The molecule has 2 aromatic carbocycles. The molecule has 1 atom stereocenters. The van der Waals surface area contributed by atoms with E-state index in [1.165, 1.54) is 25.9 Å². The first kappa shape index (κ1) is 27.1. The number of rotatable bonds is 5. The third-order valence-electron chi connectivity index (χ3n) is 7.84. The van der Waals surface area contributed by atoms with Crippen molar-refractivity contribution in [3.63, 3.8) is 0 Å². The van der Waals surface area contributed by atoms with Crippen LogP contribution in [0.3, 0.4) is 0 Å². The van der Waals surface area contributed by atoms with Crippen LogP contribution >= 0.6 is 11.3 Å². The smallest absolute Gasteiger partial charge is 0.243 e. The summed E-state index contributed by atoms with van der Waals surface area (Å²) in [6.45, 7) is 11.1. The maximum atomic E-state index is 13.5. The Bertz CT molecular complexity index is 1400. The highest BCUT2D eigenvalue weighted by Crippen LogP contribution is 2.38. The van der Waals surface area contributed by atoms with Gasteiger partial charge in [0.15, 0.2) is 0 Å². The quantitative estimate of drug-likeness (QED) is 0.456. The van der Waals surface area contributed by atoms with E-state index in [0.29, 0.717) is 37.6 Å². The Kier molecular flexibility index (Phi) is 7.52. The highest BCUT2D eigenvalue weighted by Gasteiger charge is 2.35. The minimum atomic E-state index is -3.59. The van der Waals surface area contributed by atoms with E-state index < -0.39 is 10.0 Å². The van der Waals surface area contributed by atoms with Crippen LogP contribution in [0, 0.1) is 6.92 Å². The van der Waals surface area contributed by atoms with Crippen molar-refractivity contribution < 1.29 is 13.2 Å². The number of hydrogen-bond donors (Lipinski definition) is 0. The van der Waals surface area contributed by atoms with Gasteiger partial charge in [-0.05, 0) is 64.6 Å². The molecule has 0 bridgehead atoms. The number of carbonyl (C=O) groups is 1. The van der Waals surface area contributed by atoms with Crippen LogP contribution in [0.2, 0.25) is 0 Å². The van der Waals surface area contributed by atoms with Gasteiger partial charge in [-0.15, -0.1) is 11.3 Å². The van der Waals surface area contributed by atoms with Gasteiger partial charge >= 0.3 is 0 Å². The van der Waals surface area contributed by atoms with Crippen molar-refractivity contribution in [1.29, 1.82) is 0 Å². The first-order chi connectivity index (χ1) is 18.1. The molecule has 202 valence electrons. The summed E-state index contributed by atoms with van der Waals surface area (Å²) < 4.78 is 28.1. The Morgan fingerprint density at radius 3 is 2.26 bits per heavy atom. The van der Waals surface area contributed by atoms with Crippen molar-refractivity contribution in [2.75, 3.05) is 39.3 Å². The molecule has 0 spiro atoms. The minimum Gasteiger partial charge on any atom is -0.339 e. The average molecular weight is 552 g/mol. The second-order valence-corrected chi connectivity index (χ2v) is 14.3. The Morgan fingerprint density at radius 1 is 0.921 bits per heavy atom. The van der Waals surface area contributed by atoms with E-state index >= 15 is 0 Å². The van der Waals surface area contributed by atoms with Crippen molar-refractivity contribution >= 4 is 27.3 Å². The van der Waals surface area contributed by atoms with Crippen LogP contribution in [0.1, 0.15) is 53.9 Å². The summed E-state index contributed by atoms with van der Waals surface area (Å²) >= 11 is 1.80. The highest BCUT2D eigenvalue weighted by molar-refractivity contribution is 7.89. The maximum Gasteiger partial charge on any atom is 0.243 e. The van der Waals surface area contributed by atoms with E-state index in [-0.39, 0.29) is 17.4 Å². The number of benzene rings is 2. The minimum absolute atomic E-state index is 0.0359. The zero-order valence-corrected chi connectivity index (χ0v) is 24.3. The molecule has 2 aliphatic rings. The van der Waals surface area contributed by atoms with Gasteiger partial charge in [-0.1, -0.05) is 57.2 Å². The van der Waals surface area contributed by atoms with E-state index in [9.17, 15) is 13.2 Å². The summed E-state index contributed by atoms with van der Waals surface area (Å²) in [4.78, 5) is 19.3. The molecule has 0 N–H and O–H groups in total. The molecule has 38 heavy (non-hydrogen) atoms. The number of nitrogens with zero attached hydrogens (tertiary/aromatic N) is 3. The highest BCUT2D eigenvalue weighted by atomic mass is 32.2. The van der Waals surface area contributed by atoms with E-state index in [0.717, 1.165) is 18.5 Å². The van der Waals surface area contributed by atoms with E-state index in [1.807, 2.05) is 17.0 Å². The molecule has 8 heteroatoms.